The van der Waals surface area contributed by atoms with Crippen LogP contribution in [0.4, 0.5) is 4.79 Å². The van der Waals surface area contributed by atoms with Crippen LogP contribution in [0.2, 0.25) is 0 Å². The summed E-state index contributed by atoms with van der Waals surface area (Å²) in [4.78, 5) is 13.4. The molecule has 4 heteroatoms. The molecule has 0 bridgehead atoms. The summed E-state index contributed by atoms with van der Waals surface area (Å²) in [6, 6.07) is 9.78. The first kappa shape index (κ1) is 11.7. The van der Waals surface area contributed by atoms with Crippen LogP contribution in [0, 0.1) is 0 Å². The summed E-state index contributed by atoms with van der Waals surface area (Å²) in [6.07, 6.45) is 3.55. The van der Waals surface area contributed by atoms with Crippen molar-refractivity contribution in [1.29, 1.82) is 0 Å². The number of amides is 2. The molecule has 0 aromatic heterocycles. The fourth-order valence-corrected chi connectivity index (χ4v) is 1.63. The number of nitrogens with zero attached hydrogens (tertiary/aromatic N) is 1. The summed E-state index contributed by atoms with van der Waals surface area (Å²) >= 11 is 0. The van der Waals surface area contributed by atoms with Crippen LogP contribution in [0.3, 0.4) is 0 Å². The third-order valence-electron chi connectivity index (χ3n) is 2.58. The molecule has 1 N–H and O–H groups in total. The zero-order valence-electron chi connectivity index (χ0n) is 9.63. The number of carbonyl (C=O) groups excluding carboxylic acids is 1. The van der Waals surface area contributed by atoms with E-state index in [-0.39, 0.29) is 6.03 Å². The highest BCUT2D eigenvalue weighted by molar-refractivity contribution is 5.76. The van der Waals surface area contributed by atoms with E-state index in [1.165, 1.54) is 0 Å². The predicted molar refractivity (Wildman–Crippen MR) is 66.4 cm³/mol. The smallest absolute Gasteiger partial charge is 0.321 e. The third-order valence-corrected chi connectivity index (χ3v) is 2.58. The lowest BCUT2D eigenvalue weighted by molar-refractivity contribution is 0.0540. The number of hydrogen-bond donors (Lipinski definition) is 1. The molecular formula is C13H16N2O2. The molecule has 1 aliphatic rings. The van der Waals surface area contributed by atoms with Gasteiger partial charge in [0.1, 0.15) is 0 Å². The van der Waals surface area contributed by atoms with Gasteiger partial charge in [0.2, 0.25) is 0 Å². The Bertz CT molecular complexity index is 384. The lowest BCUT2D eigenvalue weighted by Crippen LogP contribution is -2.44. The Morgan fingerprint density at radius 1 is 1.24 bits per heavy atom. The van der Waals surface area contributed by atoms with E-state index in [2.05, 4.69) is 5.32 Å². The molecule has 1 heterocycles. The SMILES string of the molecule is O=C(N/C=C/c1ccccc1)N1CCOCC1. The molecule has 2 amide bonds. The molecule has 90 valence electrons. The molecular weight excluding hydrogens is 216 g/mol. The van der Waals surface area contributed by atoms with E-state index in [0.717, 1.165) is 5.56 Å². The molecule has 0 spiro atoms. The van der Waals surface area contributed by atoms with Gasteiger partial charge in [-0.1, -0.05) is 30.3 Å². The second-order valence-electron chi connectivity index (χ2n) is 3.79. The number of hydrogen-bond acceptors (Lipinski definition) is 2. The van der Waals surface area contributed by atoms with Crippen LogP contribution in [0.15, 0.2) is 36.5 Å². The van der Waals surface area contributed by atoms with Crippen LogP contribution < -0.4 is 5.32 Å². The first-order valence-electron chi connectivity index (χ1n) is 5.71. The molecule has 0 aliphatic carbocycles. The van der Waals surface area contributed by atoms with E-state index >= 15 is 0 Å². The Balaban J connectivity index is 1.81. The maximum Gasteiger partial charge on any atom is 0.321 e. The van der Waals surface area contributed by atoms with Crippen molar-refractivity contribution in [2.75, 3.05) is 26.3 Å². The van der Waals surface area contributed by atoms with Crippen LogP contribution in [0.5, 0.6) is 0 Å². The minimum Gasteiger partial charge on any atom is -0.378 e. The zero-order chi connectivity index (χ0) is 11.9. The average Bonchev–Trinajstić information content (AvgIpc) is 2.41. The molecule has 1 saturated heterocycles. The topological polar surface area (TPSA) is 41.6 Å². The normalized spacial score (nSPS) is 16.1. The fourth-order valence-electron chi connectivity index (χ4n) is 1.63. The summed E-state index contributed by atoms with van der Waals surface area (Å²) < 4.78 is 5.18. The Kier molecular flexibility index (Phi) is 4.16. The summed E-state index contributed by atoms with van der Waals surface area (Å²) in [5.74, 6) is 0. The maximum absolute atomic E-state index is 11.7. The number of nitrogens with one attached hydrogen (secondary N) is 1. The van der Waals surface area contributed by atoms with Gasteiger partial charge >= 0.3 is 6.03 Å². The van der Waals surface area contributed by atoms with Gasteiger partial charge in [0.05, 0.1) is 13.2 Å². The van der Waals surface area contributed by atoms with Crippen molar-refractivity contribution in [2.24, 2.45) is 0 Å². The molecule has 1 aliphatic heterocycles. The molecule has 2 rings (SSSR count). The molecule has 0 unspecified atom stereocenters. The van der Waals surface area contributed by atoms with Gasteiger partial charge in [0.25, 0.3) is 0 Å². The Labute approximate surface area is 101 Å². The van der Waals surface area contributed by atoms with Crippen molar-refractivity contribution < 1.29 is 9.53 Å². The minimum atomic E-state index is -0.0690. The van der Waals surface area contributed by atoms with Gasteiger partial charge in [-0.15, -0.1) is 0 Å². The van der Waals surface area contributed by atoms with Crippen molar-refractivity contribution in [2.45, 2.75) is 0 Å². The molecule has 1 fully saturated rings. The van der Waals surface area contributed by atoms with Crippen molar-refractivity contribution in [1.82, 2.24) is 10.2 Å². The molecule has 17 heavy (non-hydrogen) atoms. The number of carbonyl (C=O) groups is 1. The Morgan fingerprint density at radius 2 is 1.94 bits per heavy atom. The number of benzene rings is 1. The van der Waals surface area contributed by atoms with E-state index < -0.39 is 0 Å². The van der Waals surface area contributed by atoms with Crippen molar-refractivity contribution >= 4 is 12.1 Å². The number of morpholine rings is 1. The molecule has 0 radical (unpaired) electrons. The van der Waals surface area contributed by atoms with E-state index in [1.54, 1.807) is 11.1 Å². The van der Waals surface area contributed by atoms with Gasteiger partial charge in [-0.25, -0.2) is 4.79 Å². The lowest BCUT2D eigenvalue weighted by atomic mass is 10.2. The Hall–Kier alpha value is -1.81. The molecule has 0 saturated carbocycles. The van der Waals surface area contributed by atoms with Gasteiger partial charge < -0.3 is 15.0 Å². The lowest BCUT2D eigenvalue weighted by Gasteiger charge is -2.26. The van der Waals surface area contributed by atoms with E-state index in [4.69, 9.17) is 4.74 Å². The van der Waals surface area contributed by atoms with Gasteiger partial charge in [-0.3, -0.25) is 0 Å². The predicted octanol–water partition coefficient (Wildman–Crippen LogP) is 1.70. The zero-order valence-corrected chi connectivity index (χ0v) is 9.63. The van der Waals surface area contributed by atoms with Crippen molar-refractivity contribution in [3.8, 4) is 0 Å². The second-order valence-corrected chi connectivity index (χ2v) is 3.79. The highest BCUT2D eigenvalue weighted by Gasteiger charge is 2.14. The summed E-state index contributed by atoms with van der Waals surface area (Å²) in [6.45, 7) is 2.56. The van der Waals surface area contributed by atoms with Crippen molar-refractivity contribution in [3.63, 3.8) is 0 Å². The van der Waals surface area contributed by atoms with Gasteiger partial charge in [0.15, 0.2) is 0 Å². The van der Waals surface area contributed by atoms with Crippen LogP contribution in [-0.2, 0) is 4.74 Å². The van der Waals surface area contributed by atoms with E-state index in [0.29, 0.717) is 26.3 Å². The number of rotatable bonds is 2. The largest absolute Gasteiger partial charge is 0.378 e. The van der Waals surface area contributed by atoms with Gasteiger partial charge in [0, 0.05) is 19.3 Å². The second kappa shape index (κ2) is 6.06. The quantitative estimate of drug-likeness (QED) is 0.843. The summed E-state index contributed by atoms with van der Waals surface area (Å²) in [5.41, 5.74) is 1.06. The van der Waals surface area contributed by atoms with E-state index in [1.807, 2.05) is 36.4 Å². The van der Waals surface area contributed by atoms with Gasteiger partial charge in [-0.05, 0) is 11.6 Å². The average molecular weight is 232 g/mol. The van der Waals surface area contributed by atoms with Crippen LogP contribution in [0.1, 0.15) is 5.56 Å². The van der Waals surface area contributed by atoms with Crippen molar-refractivity contribution in [3.05, 3.63) is 42.1 Å². The van der Waals surface area contributed by atoms with Crippen LogP contribution in [0.25, 0.3) is 6.08 Å². The van der Waals surface area contributed by atoms with Gasteiger partial charge in [-0.2, -0.15) is 0 Å². The van der Waals surface area contributed by atoms with E-state index in [9.17, 15) is 4.79 Å². The highest BCUT2D eigenvalue weighted by Crippen LogP contribution is 2.00. The summed E-state index contributed by atoms with van der Waals surface area (Å²) in [7, 11) is 0. The fraction of sp³-hybridized carbons (Fsp3) is 0.308. The van der Waals surface area contributed by atoms with Crippen LogP contribution >= 0.6 is 0 Å². The summed E-state index contributed by atoms with van der Waals surface area (Å²) in [5, 5.41) is 2.75. The molecule has 1 aromatic carbocycles. The standard InChI is InChI=1S/C13H16N2O2/c16-13(15-8-10-17-11-9-15)14-7-6-12-4-2-1-3-5-12/h1-7H,8-11H2,(H,14,16)/b7-6+. The van der Waals surface area contributed by atoms with Crippen LogP contribution in [-0.4, -0.2) is 37.2 Å². The number of urea groups is 1. The first-order chi connectivity index (χ1) is 8.36. The highest BCUT2D eigenvalue weighted by atomic mass is 16.5. The molecule has 1 aromatic rings. The third kappa shape index (κ3) is 3.60. The molecule has 4 nitrogen and oxygen atoms in total. The number of ether oxygens (including phenoxy) is 1. The first-order valence-corrected chi connectivity index (χ1v) is 5.71. The molecule has 0 atom stereocenters. The minimum absolute atomic E-state index is 0.0690. The monoisotopic (exact) mass is 232 g/mol. The Morgan fingerprint density at radius 3 is 2.65 bits per heavy atom. The maximum atomic E-state index is 11.7.